The molecule has 1 atom stereocenters. The summed E-state index contributed by atoms with van der Waals surface area (Å²) in [6.45, 7) is 7.79. The van der Waals surface area contributed by atoms with Crippen LogP contribution in [0.3, 0.4) is 0 Å². The Hall–Kier alpha value is -3.87. The van der Waals surface area contributed by atoms with Crippen LogP contribution in [-0.4, -0.2) is 21.8 Å². The Balaban J connectivity index is 1.80. The number of aromatic nitrogens is 3. The molecule has 0 N–H and O–H groups in total. The number of nitrogens with zero attached hydrogens (tertiary/aromatic N) is 3. The molecule has 3 aromatic heterocycles. The van der Waals surface area contributed by atoms with E-state index in [0.29, 0.717) is 22.6 Å². The minimum Gasteiger partial charge on any atom is -0.496 e. The Bertz CT molecular complexity index is 1500. The molecule has 0 fully saturated rings. The van der Waals surface area contributed by atoms with Crippen LogP contribution in [0.25, 0.3) is 33.1 Å². The summed E-state index contributed by atoms with van der Waals surface area (Å²) < 4.78 is 18.3. The van der Waals surface area contributed by atoms with Gasteiger partial charge in [0.1, 0.15) is 17.0 Å². The standard InChI is InChI=1S/C25H23N3O4/c1-13-6-8-17(9-7-13)15(3)28-24-18-11-21(30-5)19(23-14(2)27-32-16(23)4)10-20(18)26-12-22(24)31-25(28)29/h6-12,15H,1-5H3/t15-/m1/s1. The first-order valence-electron chi connectivity index (χ1n) is 10.4. The smallest absolute Gasteiger partial charge is 0.420 e. The Morgan fingerprint density at radius 1 is 1.09 bits per heavy atom. The fraction of sp³-hybridized carbons (Fsp3) is 0.240. The lowest BCUT2D eigenvalue weighted by molar-refractivity contribution is 0.393. The van der Waals surface area contributed by atoms with Gasteiger partial charge >= 0.3 is 5.76 Å². The molecule has 0 saturated heterocycles. The van der Waals surface area contributed by atoms with Crippen molar-refractivity contribution in [2.24, 2.45) is 0 Å². The molecule has 0 aliphatic rings. The maximum atomic E-state index is 12.9. The minimum absolute atomic E-state index is 0.219. The second kappa shape index (κ2) is 7.37. The molecule has 32 heavy (non-hydrogen) atoms. The summed E-state index contributed by atoms with van der Waals surface area (Å²) in [6, 6.07) is 11.8. The zero-order valence-electron chi connectivity index (χ0n) is 18.6. The van der Waals surface area contributed by atoms with Gasteiger partial charge in [-0.2, -0.15) is 0 Å². The molecule has 0 saturated carbocycles. The number of hydrogen-bond acceptors (Lipinski definition) is 6. The molecule has 3 heterocycles. The number of methoxy groups -OCH3 is 1. The number of fused-ring (bicyclic) bond motifs is 3. The summed E-state index contributed by atoms with van der Waals surface area (Å²) in [7, 11) is 1.62. The third kappa shape index (κ3) is 3.00. The first-order chi connectivity index (χ1) is 15.4. The quantitative estimate of drug-likeness (QED) is 0.383. The summed E-state index contributed by atoms with van der Waals surface area (Å²) in [6.07, 6.45) is 1.60. The molecule has 7 nitrogen and oxygen atoms in total. The Morgan fingerprint density at radius 2 is 1.84 bits per heavy atom. The summed E-state index contributed by atoms with van der Waals surface area (Å²) in [5.41, 5.74) is 6.52. The summed E-state index contributed by atoms with van der Waals surface area (Å²) >= 11 is 0. The van der Waals surface area contributed by atoms with Crippen molar-refractivity contribution < 1.29 is 13.7 Å². The van der Waals surface area contributed by atoms with Gasteiger partial charge in [-0.25, -0.2) is 4.79 Å². The van der Waals surface area contributed by atoms with E-state index in [2.05, 4.69) is 10.1 Å². The number of pyridine rings is 1. The molecular formula is C25H23N3O4. The zero-order chi connectivity index (χ0) is 22.6. The molecule has 0 radical (unpaired) electrons. The van der Waals surface area contributed by atoms with E-state index in [1.165, 1.54) is 0 Å². The van der Waals surface area contributed by atoms with Gasteiger partial charge in [0.2, 0.25) is 0 Å². The Morgan fingerprint density at radius 3 is 2.50 bits per heavy atom. The van der Waals surface area contributed by atoms with Crippen molar-refractivity contribution >= 4 is 22.0 Å². The van der Waals surface area contributed by atoms with Gasteiger partial charge < -0.3 is 13.7 Å². The van der Waals surface area contributed by atoms with E-state index in [1.807, 2.05) is 64.1 Å². The first kappa shape index (κ1) is 20.1. The van der Waals surface area contributed by atoms with Crippen molar-refractivity contribution in [3.8, 4) is 16.9 Å². The third-order valence-corrected chi connectivity index (χ3v) is 6.01. The van der Waals surface area contributed by atoms with Crippen LogP contribution in [0, 0.1) is 20.8 Å². The minimum atomic E-state index is -0.420. The Kier molecular flexibility index (Phi) is 4.62. The highest BCUT2D eigenvalue weighted by Gasteiger charge is 2.22. The Labute approximate surface area is 184 Å². The predicted octanol–water partition coefficient (Wildman–Crippen LogP) is 5.34. The summed E-state index contributed by atoms with van der Waals surface area (Å²) in [5.74, 6) is 0.926. The first-order valence-corrected chi connectivity index (χ1v) is 10.4. The van der Waals surface area contributed by atoms with Crippen molar-refractivity contribution in [2.75, 3.05) is 7.11 Å². The van der Waals surface area contributed by atoms with Gasteiger partial charge in [0.05, 0.1) is 36.1 Å². The van der Waals surface area contributed by atoms with Gasteiger partial charge in [-0.15, -0.1) is 0 Å². The largest absolute Gasteiger partial charge is 0.496 e. The number of benzene rings is 2. The number of oxazole rings is 1. The second-order valence-electron chi connectivity index (χ2n) is 8.06. The number of rotatable bonds is 4. The van der Waals surface area contributed by atoms with Gasteiger partial charge in [-0.05, 0) is 45.4 Å². The monoisotopic (exact) mass is 429 g/mol. The van der Waals surface area contributed by atoms with Gasteiger partial charge in [0, 0.05) is 10.9 Å². The van der Waals surface area contributed by atoms with E-state index < -0.39 is 5.76 Å². The summed E-state index contributed by atoms with van der Waals surface area (Å²) in [5, 5.41) is 4.84. The zero-order valence-corrected chi connectivity index (χ0v) is 18.6. The molecule has 0 spiro atoms. The van der Waals surface area contributed by atoms with E-state index in [9.17, 15) is 4.79 Å². The molecule has 0 amide bonds. The lowest BCUT2D eigenvalue weighted by Gasteiger charge is -2.15. The summed E-state index contributed by atoms with van der Waals surface area (Å²) in [4.78, 5) is 17.4. The fourth-order valence-corrected chi connectivity index (χ4v) is 4.32. The van der Waals surface area contributed by atoms with Crippen LogP contribution in [0.2, 0.25) is 0 Å². The highest BCUT2D eigenvalue weighted by molar-refractivity contribution is 6.04. The van der Waals surface area contributed by atoms with Crippen molar-refractivity contribution in [1.82, 2.24) is 14.7 Å². The van der Waals surface area contributed by atoms with E-state index in [-0.39, 0.29) is 6.04 Å². The molecule has 0 aliphatic carbocycles. The van der Waals surface area contributed by atoms with Crippen molar-refractivity contribution in [1.29, 1.82) is 0 Å². The number of aryl methyl sites for hydroxylation is 3. The lowest BCUT2D eigenvalue weighted by atomic mass is 10.00. The number of ether oxygens (including phenoxy) is 1. The maximum absolute atomic E-state index is 12.9. The molecule has 0 bridgehead atoms. The topological polar surface area (TPSA) is 83.3 Å². The normalized spacial score (nSPS) is 12.5. The van der Waals surface area contributed by atoms with Crippen LogP contribution in [0.4, 0.5) is 0 Å². The van der Waals surface area contributed by atoms with E-state index in [4.69, 9.17) is 13.7 Å². The molecule has 5 aromatic rings. The van der Waals surface area contributed by atoms with Crippen molar-refractivity contribution in [2.45, 2.75) is 33.7 Å². The SMILES string of the molecule is COc1cc2c(cc1-c1c(C)noc1C)ncc1oc(=O)n([C@H](C)c3ccc(C)cc3)c12. The van der Waals surface area contributed by atoms with Crippen LogP contribution < -0.4 is 10.5 Å². The molecule has 2 aromatic carbocycles. The molecule has 5 rings (SSSR count). The number of hydrogen-bond donors (Lipinski definition) is 0. The van der Waals surface area contributed by atoms with E-state index >= 15 is 0 Å². The molecular weight excluding hydrogens is 406 g/mol. The van der Waals surface area contributed by atoms with Crippen LogP contribution in [0.5, 0.6) is 5.75 Å². The van der Waals surface area contributed by atoms with Crippen LogP contribution in [-0.2, 0) is 0 Å². The predicted molar refractivity (Wildman–Crippen MR) is 122 cm³/mol. The van der Waals surface area contributed by atoms with E-state index in [1.54, 1.807) is 17.9 Å². The molecule has 7 heteroatoms. The maximum Gasteiger partial charge on any atom is 0.420 e. The van der Waals surface area contributed by atoms with Gasteiger partial charge in [0.25, 0.3) is 0 Å². The van der Waals surface area contributed by atoms with E-state index in [0.717, 1.165) is 38.9 Å². The second-order valence-corrected chi connectivity index (χ2v) is 8.06. The molecule has 0 unspecified atom stereocenters. The van der Waals surface area contributed by atoms with Crippen LogP contribution in [0.1, 0.15) is 35.5 Å². The van der Waals surface area contributed by atoms with Crippen molar-refractivity contribution in [3.63, 3.8) is 0 Å². The van der Waals surface area contributed by atoms with Gasteiger partial charge in [-0.3, -0.25) is 9.55 Å². The molecule has 0 aliphatic heterocycles. The van der Waals surface area contributed by atoms with Gasteiger partial charge in [0.15, 0.2) is 5.58 Å². The lowest BCUT2D eigenvalue weighted by Crippen LogP contribution is -2.19. The highest BCUT2D eigenvalue weighted by atomic mass is 16.5. The average molecular weight is 429 g/mol. The van der Waals surface area contributed by atoms with Crippen molar-refractivity contribution in [3.05, 3.63) is 75.7 Å². The highest BCUT2D eigenvalue weighted by Crippen LogP contribution is 2.39. The fourth-order valence-electron chi connectivity index (χ4n) is 4.32. The average Bonchev–Trinajstić information content (AvgIpc) is 3.30. The van der Waals surface area contributed by atoms with Gasteiger partial charge in [-0.1, -0.05) is 35.0 Å². The third-order valence-electron chi connectivity index (χ3n) is 6.01. The van der Waals surface area contributed by atoms with Crippen LogP contribution >= 0.6 is 0 Å². The van der Waals surface area contributed by atoms with Crippen LogP contribution in [0.15, 0.2) is 56.3 Å². The molecule has 162 valence electrons.